The molecule has 6 nitrogen and oxygen atoms in total. The van der Waals surface area contributed by atoms with Crippen molar-refractivity contribution in [2.24, 2.45) is 0 Å². The highest BCUT2D eigenvalue weighted by Gasteiger charge is 2.15. The first kappa shape index (κ1) is 12.9. The number of tetrazole rings is 1. The molecule has 0 aliphatic carbocycles. The molecule has 0 fully saturated rings. The highest BCUT2D eigenvalue weighted by molar-refractivity contribution is 7.80. The van der Waals surface area contributed by atoms with Gasteiger partial charge in [0.15, 0.2) is 0 Å². The van der Waals surface area contributed by atoms with E-state index in [1.807, 2.05) is 44.2 Å². The van der Waals surface area contributed by atoms with E-state index in [4.69, 9.17) is 0 Å². The molecule has 0 aliphatic heterocycles. The van der Waals surface area contributed by atoms with Gasteiger partial charge in [0.25, 0.3) is 0 Å². The van der Waals surface area contributed by atoms with Crippen molar-refractivity contribution in [1.82, 2.24) is 30.0 Å². The second kappa shape index (κ2) is 5.09. The zero-order valence-electron chi connectivity index (χ0n) is 11.2. The molecule has 1 aromatic carbocycles. The van der Waals surface area contributed by atoms with Crippen LogP contribution in [0.2, 0.25) is 0 Å². The van der Waals surface area contributed by atoms with Crippen LogP contribution in [0.1, 0.15) is 19.9 Å². The first-order chi connectivity index (χ1) is 9.66. The van der Waals surface area contributed by atoms with Crippen LogP contribution in [0.3, 0.4) is 0 Å². The van der Waals surface area contributed by atoms with E-state index >= 15 is 0 Å². The van der Waals surface area contributed by atoms with E-state index in [0.717, 1.165) is 11.3 Å². The third-order valence-corrected chi connectivity index (χ3v) is 3.31. The van der Waals surface area contributed by atoms with E-state index < -0.39 is 0 Å². The Morgan fingerprint density at radius 1 is 1.15 bits per heavy atom. The van der Waals surface area contributed by atoms with Crippen molar-refractivity contribution < 1.29 is 0 Å². The molecular formula is C13H14N6S. The van der Waals surface area contributed by atoms with Gasteiger partial charge in [-0.15, -0.1) is 22.8 Å². The van der Waals surface area contributed by atoms with Gasteiger partial charge in [0.1, 0.15) is 5.03 Å². The minimum absolute atomic E-state index is 0.170. The SMILES string of the molecule is CC(C)n1nnc(-c2cnn(-c3ccccc3)c2S)n1. The lowest BCUT2D eigenvalue weighted by Crippen LogP contribution is -2.04. The smallest absolute Gasteiger partial charge is 0.209 e. The molecule has 0 spiro atoms. The summed E-state index contributed by atoms with van der Waals surface area (Å²) in [5.74, 6) is 0.533. The molecular weight excluding hydrogens is 272 g/mol. The highest BCUT2D eigenvalue weighted by atomic mass is 32.1. The molecule has 3 aromatic rings. The van der Waals surface area contributed by atoms with Crippen molar-refractivity contribution in [3.8, 4) is 17.1 Å². The second-order valence-corrected chi connectivity index (χ2v) is 5.08. The lowest BCUT2D eigenvalue weighted by Gasteiger charge is -2.03. The van der Waals surface area contributed by atoms with Crippen LogP contribution in [-0.4, -0.2) is 30.0 Å². The molecule has 0 radical (unpaired) electrons. The first-order valence-corrected chi connectivity index (χ1v) is 6.74. The molecule has 102 valence electrons. The molecule has 0 bridgehead atoms. The van der Waals surface area contributed by atoms with Crippen LogP contribution in [0, 0.1) is 0 Å². The summed E-state index contributed by atoms with van der Waals surface area (Å²) in [4.78, 5) is 1.57. The van der Waals surface area contributed by atoms with Crippen molar-refractivity contribution in [1.29, 1.82) is 0 Å². The van der Waals surface area contributed by atoms with Crippen LogP contribution in [0.5, 0.6) is 0 Å². The van der Waals surface area contributed by atoms with Gasteiger partial charge in [-0.2, -0.15) is 9.90 Å². The van der Waals surface area contributed by atoms with Crippen LogP contribution < -0.4 is 0 Å². The Labute approximate surface area is 121 Å². The molecule has 2 aromatic heterocycles. The lowest BCUT2D eigenvalue weighted by molar-refractivity contribution is 0.455. The van der Waals surface area contributed by atoms with E-state index in [1.165, 1.54) is 0 Å². The fraction of sp³-hybridized carbons (Fsp3) is 0.231. The van der Waals surface area contributed by atoms with E-state index in [2.05, 4.69) is 33.1 Å². The Hall–Kier alpha value is -2.15. The van der Waals surface area contributed by atoms with Crippen LogP contribution in [-0.2, 0) is 0 Å². The third-order valence-electron chi connectivity index (χ3n) is 2.88. The average molecular weight is 286 g/mol. The van der Waals surface area contributed by atoms with Gasteiger partial charge in [-0.05, 0) is 31.2 Å². The minimum atomic E-state index is 0.170. The lowest BCUT2D eigenvalue weighted by atomic mass is 10.3. The van der Waals surface area contributed by atoms with Crippen LogP contribution >= 0.6 is 12.6 Å². The number of thiol groups is 1. The molecule has 0 amide bonds. The summed E-state index contributed by atoms with van der Waals surface area (Å²) in [7, 11) is 0. The molecule has 7 heteroatoms. The maximum atomic E-state index is 4.53. The molecule has 0 unspecified atom stereocenters. The van der Waals surface area contributed by atoms with Gasteiger partial charge in [0.2, 0.25) is 5.82 Å². The molecule has 0 saturated heterocycles. The Morgan fingerprint density at radius 3 is 2.55 bits per heavy atom. The average Bonchev–Trinajstić information content (AvgIpc) is 3.06. The summed E-state index contributed by atoms with van der Waals surface area (Å²) < 4.78 is 1.74. The summed E-state index contributed by atoms with van der Waals surface area (Å²) in [6.45, 7) is 4.00. The van der Waals surface area contributed by atoms with Crippen molar-refractivity contribution in [3.63, 3.8) is 0 Å². The second-order valence-electron chi connectivity index (χ2n) is 4.66. The predicted octanol–water partition coefficient (Wildman–Crippen LogP) is 2.40. The zero-order chi connectivity index (χ0) is 14.1. The summed E-state index contributed by atoms with van der Waals surface area (Å²) in [5.41, 5.74) is 1.71. The molecule has 0 saturated carbocycles. The predicted molar refractivity (Wildman–Crippen MR) is 78.0 cm³/mol. The maximum Gasteiger partial charge on any atom is 0.209 e. The van der Waals surface area contributed by atoms with Gasteiger partial charge in [-0.1, -0.05) is 18.2 Å². The van der Waals surface area contributed by atoms with Crippen molar-refractivity contribution in [2.45, 2.75) is 24.9 Å². The van der Waals surface area contributed by atoms with Gasteiger partial charge in [-0.3, -0.25) is 0 Å². The summed E-state index contributed by atoms with van der Waals surface area (Å²) in [6.07, 6.45) is 1.71. The van der Waals surface area contributed by atoms with Gasteiger partial charge < -0.3 is 0 Å². The maximum absolute atomic E-state index is 4.53. The fourth-order valence-corrected chi connectivity index (χ4v) is 2.13. The quantitative estimate of drug-likeness (QED) is 0.751. The largest absolute Gasteiger partial charge is 0.227 e. The molecule has 0 atom stereocenters. The highest BCUT2D eigenvalue weighted by Crippen LogP contribution is 2.25. The first-order valence-electron chi connectivity index (χ1n) is 6.29. The summed E-state index contributed by atoms with van der Waals surface area (Å²) in [6, 6.07) is 9.98. The third kappa shape index (κ3) is 2.20. The summed E-state index contributed by atoms with van der Waals surface area (Å²) in [5, 5.41) is 17.4. The Kier molecular flexibility index (Phi) is 3.27. The number of para-hydroxylation sites is 1. The minimum Gasteiger partial charge on any atom is -0.227 e. The van der Waals surface area contributed by atoms with Crippen LogP contribution in [0.15, 0.2) is 41.6 Å². The number of aromatic nitrogens is 6. The molecule has 3 rings (SSSR count). The monoisotopic (exact) mass is 286 g/mol. The normalized spacial score (nSPS) is 11.2. The van der Waals surface area contributed by atoms with E-state index in [-0.39, 0.29) is 6.04 Å². The Morgan fingerprint density at radius 2 is 1.90 bits per heavy atom. The fourth-order valence-electron chi connectivity index (χ4n) is 1.81. The number of benzene rings is 1. The zero-order valence-corrected chi connectivity index (χ0v) is 12.1. The summed E-state index contributed by atoms with van der Waals surface area (Å²) >= 11 is 4.53. The number of rotatable bonds is 3. The Bertz CT molecular complexity index is 716. The van der Waals surface area contributed by atoms with Gasteiger partial charge in [-0.25, -0.2) is 4.68 Å². The van der Waals surface area contributed by atoms with E-state index in [1.54, 1.807) is 15.7 Å². The van der Waals surface area contributed by atoms with Crippen molar-refractivity contribution >= 4 is 12.6 Å². The standard InChI is InChI=1S/C13H14N6S/c1-9(2)19-16-12(15-17-19)11-8-14-18(13(11)20)10-6-4-3-5-7-10/h3-9,20H,1-2H3. The molecule has 20 heavy (non-hydrogen) atoms. The van der Waals surface area contributed by atoms with Crippen molar-refractivity contribution in [3.05, 3.63) is 36.5 Å². The van der Waals surface area contributed by atoms with Gasteiger partial charge in [0.05, 0.1) is 23.5 Å². The number of hydrogen-bond acceptors (Lipinski definition) is 5. The van der Waals surface area contributed by atoms with Gasteiger partial charge in [0, 0.05) is 0 Å². The van der Waals surface area contributed by atoms with Crippen molar-refractivity contribution in [2.75, 3.05) is 0 Å². The van der Waals surface area contributed by atoms with E-state index in [0.29, 0.717) is 10.9 Å². The molecule has 0 aliphatic rings. The molecule has 2 heterocycles. The topological polar surface area (TPSA) is 61.4 Å². The van der Waals surface area contributed by atoms with Crippen LogP contribution in [0.4, 0.5) is 0 Å². The number of nitrogens with zero attached hydrogens (tertiary/aromatic N) is 6. The van der Waals surface area contributed by atoms with E-state index in [9.17, 15) is 0 Å². The van der Waals surface area contributed by atoms with Crippen LogP contribution in [0.25, 0.3) is 17.1 Å². The van der Waals surface area contributed by atoms with Gasteiger partial charge >= 0.3 is 0 Å². The number of hydrogen-bond donors (Lipinski definition) is 1. The molecule has 0 N–H and O–H groups in total. The Balaban J connectivity index is 2.02.